The number of pyridine rings is 1. The molecule has 0 aliphatic carbocycles. The molecule has 2 rings (SSSR count). The quantitative estimate of drug-likeness (QED) is 0.790. The molecule has 1 aliphatic heterocycles. The molecule has 0 bridgehead atoms. The fourth-order valence-electron chi connectivity index (χ4n) is 2.24. The molecule has 0 saturated heterocycles. The van der Waals surface area contributed by atoms with E-state index in [1.54, 1.807) is 0 Å². The van der Waals surface area contributed by atoms with Crippen LogP contribution in [0.15, 0.2) is 23.5 Å². The topological polar surface area (TPSA) is 37.7 Å². The maximum absolute atomic E-state index is 5.43. The lowest BCUT2D eigenvalue weighted by Crippen LogP contribution is -2.29. The largest absolute Gasteiger partial charge is 0.391 e. The monoisotopic (exact) mass is 261 g/mol. The molecule has 4 heteroatoms. The first-order valence-electron chi connectivity index (χ1n) is 7.05. The van der Waals surface area contributed by atoms with E-state index in [-0.39, 0.29) is 6.10 Å². The molecule has 1 aromatic heterocycles. The lowest BCUT2D eigenvalue weighted by Gasteiger charge is -2.19. The van der Waals surface area contributed by atoms with Crippen molar-refractivity contribution >= 4 is 5.71 Å². The Labute approximate surface area is 115 Å². The maximum Gasteiger partial charge on any atom is 0.145 e. The van der Waals surface area contributed by atoms with Gasteiger partial charge >= 0.3 is 0 Å². The van der Waals surface area contributed by atoms with Crippen LogP contribution in [-0.4, -0.2) is 35.3 Å². The second-order valence-corrected chi connectivity index (χ2v) is 5.15. The predicted octanol–water partition coefficient (Wildman–Crippen LogP) is 2.63. The standard InChI is InChI=1S/C15H23N3O/c1-4-12-6-7-14(16-9-12)10-18(3)11-15-8-13(5-2)17-19-15/h6-7,9,15H,4-5,8,10-11H2,1-3H3. The van der Waals surface area contributed by atoms with E-state index in [1.165, 1.54) is 11.3 Å². The van der Waals surface area contributed by atoms with E-state index in [1.807, 2.05) is 6.20 Å². The number of aryl methyl sites for hydroxylation is 1. The molecular weight excluding hydrogens is 238 g/mol. The number of aromatic nitrogens is 1. The minimum absolute atomic E-state index is 0.204. The molecule has 0 aromatic carbocycles. The molecule has 19 heavy (non-hydrogen) atoms. The van der Waals surface area contributed by atoms with Gasteiger partial charge in [0.05, 0.1) is 11.4 Å². The minimum atomic E-state index is 0.204. The molecule has 104 valence electrons. The van der Waals surface area contributed by atoms with Gasteiger partial charge in [-0.1, -0.05) is 25.1 Å². The van der Waals surface area contributed by atoms with Crippen molar-refractivity contribution < 1.29 is 4.84 Å². The van der Waals surface area contributed by atoms with E-state index in [0.717, 1.165) is 38.0 Å². The van der Waals surface area contributed by atoms with Gasteiger partial charge in [-0.05, 0) is 31.5 Å². The van der Waals surface area contributed by atoms with E-state index in [4.69, 9.17) is 4.84 Å². The highest BCUT2D eigenvalue weighted by molar-refractivity contribution is 5.85. The van der Waals surface area contributed by atoms with Gasteiger partial charge in [-0.25, -0.2) is 0 Å². The van der Waals surface area contributed by atoms with Crippen LogP contribution in [0.3, 0.4) is 0 Å². The van der Waals surface area contributed by atoms with Gasteiger partial charge in [0.25, 0.3) is 0 Å². The van der Waals surface area contributed by atoms with Crippen LogP contribution in [0.5, 0.6) is 0 Å². The zero-order valence-corrected chi connectivity index (χ0v) is 12.1. The number of likely N-dealkylation sites (N-methyl/N-ethyl adjacent to an activating group) is 1. The lowest BCUT2D eigenvalue weighted by molar-refractivity contribution is 0.0574. The highest BCUT2D eigenvalue weighted by atomic mass is 16.6. The summed E-state index contributed by atoms with van der Waals surface area (Å²) in [6, 6.07) is 4.26. The van der Waals surface area contributed by atoms with Crippen LogP contribution < -0.4 is 0 Å². The molecule has 0 N–H and O–H groups in total. The Morgan fingerprint density at radius 2 is 2.16 bits per heavy atom. The molecule has 0 spiro atoms. The number of hydrogen-bond donors (Lipinski definition) is 0. The van der Waals surface area contributed by atoms with Gasteiger partial charge in [-0.3, -0.25) is 9.88 Å². The zero-order valence-electron chi connectivity index (χ0n) is 12.1. The summed E-state index contributed by atoms with van der Waals surface area (Å²) >= 11 is 0. The van der Waals surface area contributed by atoms with E-state index in [0.29, 0.717) is 0 Å². The molecule has 1 atom stereocenters. The Hall–Kier alpha value is -1.42. The molecule has 0 saturated carbocycles. The van der Waals surface area contributed by atoms with E-state index in [9.17, 15) is 0 Å². The van der Waals surface area contributed by atoms with E-state index < -0.39 is 0 Å². The van der Waals surface area contributed by atoms with Gasteiger partial charge in [0, 0.05) is 25.7 Å². The van der Waals surface area contributed by atoms with Gasteiger partial charge in [0.15, 0.2) is 0 Å². The maximum atomic E-state index is 5.43. The molecule has 4 nitrogen and oxygen atoms in total. The van der Waals surface area contributed by atoms with Crippen LogP contribution in [0.1, 0.15) is 37.9 Å². The zero-order chi connectivity index (χ0) is 13.7. The smallest absolute Gasteiger partial charge is 0.145 e. The van der Waals surface area contributed by atoms with E-state index in [2.05, 4.69) is 48.1 Å². The summed E-state index contributed by atoms with van der Waals surface area (Å²) in [7, 11) is 2.10. The van der Waals surface area contributed by atoms with Crippen LogP contribution >= 0.6 is 0 Å². The minimum Gasteiger partial charge on any atom is -0.391 e. The fourth-order valence-corrected chi connectivity index (χ4v) is 2.24. The lowest BCUT2D eigenvalue weighted by atomic mass is 10.1. The van der Waals surface area contributed by atoms with Crippen molar-refractivity contribution in [2.75, 3.05) is 13.6 Å². The number of nitrogens with zero attached hydrogens (tertiary/aromatic N) is 3. The summed E-state index contributed by atoms with van der Waals surface area (Å²) in [5, 5.41) is 4.09. The first kappa shape index (κ1) is 14.0. The second kappa shape index (κ2) is 6.66. The number of hydrogen-bond acceptors (Lipinski definition) is 4. The van der Waals surface area contributed by atoms with Gasteiger partial charge < -0.3 is 4.84 Å². The van der Waals surface area contributed by atoms with Gasteiger partial charge in [-0.2, -0.15) is 0 Å². The Balaban J connectivity index is 1.79. The SMILES string of the molecule is CCC1=NOC(CN(C)Cc2ccc(CC)cn2)C1. The first-order chi connectivity index (χ1) is 9.21. The van der Waals surface area contributed by atoms with Crippen molar-refractivity contribution in [3.63, 3.8) is 0 Å². The molecule has 0 radical (unpaired) electrons. The van der Waals surface area contributed by atoms with Crippen molar-refractivity contribution in [1.82, 2.24) is 9.88 Å². The molecule has 0 fully saturated rings. The highest BCUT2D eigenvalue weighted by Gasteiger charge is 2.21. The fraction of sp³-hybridized carbons (Fsp3) is 0.600. The van der Waals surface area contributed by atoms with Crippen LogP contribution in [0.25, 0.3) is 0 Å². The summed E-state index contributed by atoms with van der Waals surface area (Å²) < 4.78 is 0. The van der Waals surface area contributed by atoms with Crippen molar-refractivity contribution in [2.24, 2.45) is 5.16 Å². The molecule has 0 amide bonds. The second-order valence-electron chi connectivity index (χ2n) is 5.15. The summed E-state index contributed by atoms with van der Waals surface area (Å²) in [6.07, 6.45) is 5.15. The van der Waals surface area contributed by atoms with Crippen LogP contribution in [0.2, 0.25) is 0 Å². The highest BCUT2D eigenvalue weighted by Crippen LogP contribution is 2.14. The normalized spacial score (nSPS) is 18.5. The third-order valence-corrected chi connectivity index (χ3v) is 3.44. The Kier molecular flexibility index (Phi) is 4.91. The molecule has 1 aromatic rings. The number of rotatable bonds is 6. The van der Waals surface area contributed by atoms with Crippen LogP contribution in [-0.2, 0) is 17.8 Å². The Bertz CT molecular complexity index is 428. The third-order valence-electron chi connectivity index (χ3n) is 3.44. The van der Waals surface area contributed by atoms with Crippen molar-refractivity contribution in [3.8, 4) is 0 Å². The van der Waals surface area contributed by atoms with Crippen LogP contribution in [0, 0.1) is 0 Å². The van der Waals surface area contributed by atoms with Gasteiger partial charge in [0.1, 0.15) is 6.10 Å². The average molecular weight is 261 g/mol. The van der Waals surface area contributed by atoms with Crippen molar-refractivity contribution in [3.05, 3.63) is 29.6 Å². The third kappa shape index (κ3) is 4.03. The Morgan fingerprint density at radius 1 is 1.32 bits per heavy atom. The summed E-state index contributed by atoms with van der Waals surface area (Å²) in [6.45, 7) is 6.01. The van der Waals surface area contributed by atoms with Crippen LogP contribution in [0.4, 0.5) is 0 Å². The predicted molar refractivity (Wildman–Crippen MR) is 77.2 cm³/mol. The summed E-state index contributed by atoms with van der Waals surface area (Å²) in [5.74, 6) is 0. The number of oxime groups is 1. The molecule has 1 aliphatic rings. The average Bonchev–Trinajstić information content (AvgIpc) is 2.87. The molecule has 2 heterocycles. The summed E-state index contributed by atoms with van der Waals surface area (Å²) in [4.78, 5) is 12.2. The van der Waals surface area contributed by atoms with Crippen molar-refractivity contribution in [2.45, 2.75) is 45.8 Å². The Morgan fingerprint density at radius 3 is 2.74 bits per heavy atom. The summed E-state index contributed by atoms with van der Waals surface area (Å²) in [5.41, 5.74) is 3.56. The van der Waals surface area contributed by atoms with E-state index >= 15 is 0 Å². The van der Waals surface area contributed by atoms with Gasteiger partial charge in [-0.15, -0.1) is 0 Å². The van der Waals surface area contributed by atoms with Crippen molar-refractivity contribution in [1.29, 1.82) is 0 Å². The molecule has 1 unspecified atom stereocenters. The first-order valence-corrected chi connectivity index (χ1v) is 7.05. The van der Waals surface area contributed by atoms with Gasteiger partial charge in [0.2, 0.25) is 0 Å². The molecular formula is C15H23N3O.